The van der Waals surface area contributed by atoms with E-state index < -0.39 is 112 Å². The third-order valence-electron chi connectivity index (χ3n) is 6.18. The van der Waals surface area contributed by atoms with Gasteiger partial charge in [0.05, 0.1) is 19.8 Å². The summed E-state index contributed by atoms with van der Waals surface area (Å²) in [6.45, 7) is -2.93. The fourth-order valence-electron chi connectivity index (χ4n) is 3.97. The normalized spacial score (nSPS) is 52.5. The molecule has 3 rings (SSSR count). The fraction of sp³-hybridized carbons (Fsp3) is 1.00. The third kappa shape index (κ3) is 5.23. The molecule has 0 spiro atoms. The van der Waals surface area contributed by atoms with E-state index in [1.54, 1.807) is 0 Å². The average Bonchev–Trinajstić information content (AvgIpc) is 2.83. The van der Waals surface area contributed by atoms with Crippen molar-refractivity contribution in [2.45, 2.75) is 85.5 Å². The number of hydrogen-bond acceptors (Lipinski definition) is 16. The Balaban J connectivity index is 1.70. The molecule has 0 aliphatic carbocycles. The third-order valence-corrected chi connectivity index (χ3v) is 6.18. The number of hydrogen-bond donors (Lipinski definition) is 11. The molecule has 16 nitrogen and oxygen atoms in total. The van der Waals surface area contributed by atoms with Crippen LogP contribution in [0.1, 0.15) is 0 Å². The van der Waals surface area contributed by atoms with Gasteiger partial charge in [-0.3, -0.25) is 0 Å². The monoisotopic (exact) mass is 504 g/mol. The second kappa shape index (κ2) is 11.2. The highest BCUT2D eigenvalue weighted by Gasteiger charge is 2.53. The standard InChI is InChI=1S/C18H32O16/c19-1-6-9(23)11(25)12(26)17(33-6)34-14-10(24)7(32-16(29)13(14)27)3-31-18(4-20)15(28)8(22)5(21)2-30-18/h5-17,19-29H,1-4H2. The van der Waals surface area contributed by atoms with E-state index in [0.717, 1.165) is 0 Å². The molecule has 16 heteroatoms. The Morgan fingerprint density at radius 3 is 2.03 bits per heavy atom. The maximum atomic E-state index is 10.7. The summed E-state index contributed by atoms with van der Waals surface area (Å²) in [6.07, 6.45) is -22.4. The molecule has 200 valence electrons. The van der Waals surface area contributed by atoms with E-state index in [-0.39, 0.29) is 0 Å². The molecule has 34 heavy (non-hydrogen) atoms. The second-order valence-corrected chi connectivity index (χ2v) is 8.44. The minimum Gasteiger partial charge on any atom is -0.394 e. The lowest BCUT2D eigenvalue weighted by molar-refractivity contribution is -0.375. The zero-order valence-corrected chi connectivity index (χ0v) is 17.8. The van der Waals surface area contributed by atoms with Crippen LogP contribution in [0.3, 0.4) is 0 Å². The predicted octanol–water partition coefficient (Wildman–Crippen LogP) is -7.57. The molecule has 11 N–H and O–H groups in total. The maximum absolute atomic E-state index is 10.7. The Hall–Kier alpha value is -0.640. The van der Waals surface area contributed by atoms with Crippen molar-refractivity contribution in [2.75, 3.05) is 26.4 Å². The first-order chi connectivity index (χ1) is 16.0. The highest BCUT2D eigenvalue weighted by molar-refractivity contribution is 4.96. The molecule has 0 aromatic carbocycles. The molecule has 0 saturated carbocycles. The first-order valence-electron chi connectivity index (χ1n) is 10.6. The van der Waals surface area contributed by atoms with Crippen molar-refractivity contribution in [3.63, 3.8) is 0 Å². The number of aliphatic hydroxyl groups excluding tert-OH is 11. The lowest BCUT2D eigenvalue weighted by atomic mass is 9.96. The average molecular weight is 504 g/mol. The minimum atomic E-state index is -2.21. The van der Waals surface area contributed by atoms with Gasteiger partial charge in [-0.2, -0.15) is 0 Å². The Bertz CT molecular complexity index is 653. The molecule has 3 fully saturated rings. The maximum Gasteiger partial charge on any atom is 0.221 e. The van der Waals surface area contributed by atoms with Crippen molar-refractivity contribution < 1.29 is 79.9 Å². The first-order valence-corrected chi connectivity index (χ1v) is 10.6. The Morgan fingerprint density at radius 1 is 0.735 bits per heavy atom. The quantitative estimate of drug-likeness (QED) is 0.154. The largest absolute Gasteiger partial charge is 0.394 e. The first kappa shape index (κ1) is 27.9. The Morgan fingerprint density at radius 2 is 1.41 bits per heavy atom. The molecule has 14 atom stereocenters. The van der Waals surface area contributed by atoms with Crippen molar-refractivity contribution in [1.29, 1.82) is 0 Å². The summed E-state index contributed by atoms with van der Waals surface area (Å²) in [7, 11) is 0. The summed E-state index contributed by atoms with van der Waals surface area (Å²) in [4.78, 5) is 0. The molecule has 3 saturated heterocycles. The van der Waals surface area contributed by atoms with E-state index in [4.69, 9.17) is 23.7 Å². The molecule has 0 radical (unpaired) electrons. The molecule has 0 aromatic heterocycles. The molecule has 0 amide bonds. The zero-order chi connectivity index (χ0) is 25.4. The summed E-state index contributed by atoms with van der Waals surface area (Å²) < 4.78 is 26.1. The molecule has 3 aliphatic rings. The summed E-state index contributed by atoms with van der Waals surface area (Å²) >= 11 is 0. The van der Waals surface area contributed by atoms with Gasteiger partial charge in [-0.05, 0) is 0 Å². The molecule has 14 unspecified atom stereocenters. The van der Waals surface area contributed by atoms with Gasteiger partial charge < -0.3 is 79.9 Å². The van der Waals surface area contributed by atoms with Crippen molar-refractivity contribution in [3.05, 3.63) is 0 Å². The predicted molar refractivity (Wildman–Crippen MR) is 101 cm³/mol. The van der Waals surface area contributed by atoms with Gasteiger partial charge in [0.2, 0.25) is 5.79 Å². The lowest BCUT2D eigenvalue weighted by Gasteiger charge is -2.47. The van der Waals surface area contributed by atoms with Gasteiger partial charge in [-0.1, -0.05) is 0 Å². The summed E-state index contributed by atoms with van der Waals surface area (Å²) in [6, 6.07) is 0. The summed E-state index contributed by atoms with van der Waals surface area (Å²) in [5.41, 5.74) is 0. The van der Waals surface area contributed by atoms with E-state index in [9.17, 15) is 56.2 Å². The molecular weight excluding hydrogens is 472 g/mol. The number of aliphatic hydroxyl groups is 11. The van der Waals surface area contributed by atoms with Crippen molar-refractivity contribution in [1.82, 2.24) is 0 Å². The van der Waals surface area contributed by atoms with E-state index in [0.29, 0.717) is 0 Å². The van der Waals surface area contributed by atoms with Crippen LogP contribution < -0.4 is 0 Å². The van der Waals surface area contributed by atoms with Crippen LogP contribution in [0.15, 0.2) is 0 Å². The molecule has 0 bridgehead atoms. The van der Waals surface area contributed by atoms with Gasteiger partial charge in [-0.15, -0.1) is 0 Å². The topological polar surface area (TPSA) is 269 Å². The fourth-order valence-corrected chi connectivity index (χ4v) is 3.97. The summed E-state index contributed by atoms with van der Waals surface area (Å²) in [5, 5.41) is 109. The van der Waals surface area contributed by atoms with Crippen molar-refractivity contribution >= 4 is 0 Å². The van der Waals surface area contributed by atoms with E-state index in [1.807, 2.05) is 0 Å². The highest BCUT2D eigenvalue weighted by atomic mass is 16.7. The van der Waals surface area contributed by atoms with Crippen LogP contribution in [-0.4, -0.2) is 168 Å². The number of rotatable bonds is 7. The second-order valence-electron chi connectivity index (χ2n) is 8.44. The van der Waals surface area contributed by atoms with Gasteiger partial charge >= 0.3 is 0 Å². The smallest absolute Gasteiger partial charge is 0.221 e. The van der Waals surface area contributed by atoms with Crippen molar-refractivity contribution in [3.8, 4) is 0 Å². The van der Waals surface area contributed by atoms with Gasteiger partial charge in [0.1, 0.15) is 73.8 Å². The van der Waals surface area contributed by atoms with Crippen LogP contribution in [-0.2, 0) is 23.7 Å². The molecular formula is C18H32O16. The van der Waals surface area contributed by atoms with Crippen LogP contribution >= 0.6 is 0 Å². The van der Waals surface area contributed by atoms with Crippen LogP contribution in [0.5, 0.6) is 0 Å². The lowest BCUT2D eigenvalue weighted by Crippen LogP contribution is -2.66. The van der Waals surface area contributed by atoms with Crippen LogP contribution in [0.2, 0.25) is 0 Å². The van der Waals surface area contributed by atoms with Gasteiger partial charge in [-0.25, -0.2) is 0 Å². The van der Waals surface area contributed by atoms with Crippen molar-refractivity contribution in [2.24, 2.45) is 0 Å². The number of ether oxygens (including phenoxy) is 5. The SMILES string of the molecule is OCC1OC(OC2C(O)C(O)OC(COC3(CO)OCC(O)C(O)C3O)C2O)C(O)C(O)C1O. The van der Waals surface area contributed by atoms with Crippen LogP contribution in [0, 0.1) is 0 Å². The Kier molecular flexibility index (Phi) is 9.18. The van der Waals surface area contributed by atoms with Crippen LogP contribution in [0.25, 0.3) is 0 Å². The van der Waals surface area contributed by atoms with Gasteiger partial charge in [0.25, 0.3) is 0 Å². The Labute approximate surface area is 192 Å². The zero-order valence-electron chi connectivity index (χ0n) is 17.8. The molecule has 3 heterocycles. The molecule has 0 aromatic rings. The molecule has 3 aliphatic heterocycles. The van der Waals surface area contributed by atoms with E-state index in [2.05, 4.69) is 0 Å². The highest BCUT2D eigenvalue weighted by Crippen LogP contribution is 2.31. The van der Waals surface area contributed by atoms with Gasteiger partial charge in [0, 0.05) is 0 Å². The van der Waals surface area contributed by atoms with E-state index >= 15 is 0 Å². The van der Waals surface area contributed by atoms with Crippen LogP contribution in [0.4, 0.5) is 0 Å². The van der Waals surface area contributed by atoms with E-state index in [1.165, 1.54) is 0 Å². The van der Waals surface area contributed by atoms with Gasteiger partial charge in [0.15, 0.2) is 12.6 Å². The summed E-state index contributed by atoms with van der Waals surface area (Å²) in [5.74, 6) is -2.21. The minimum absolute atomic E-state index is 0.503.